The van der Waals surface area contributed by atoms with Crippen molar-refractivity contribution in [3.05, 3.63) is 42.7 Å². The summed E-state index contributed by atoms with van der Waals surface area (Å²) < 4.78 is 14.9. The Kier molecular flexibility index (Phi) is 3.72. The predicted molar refractivity (Wildman–Crippen MR) is 66.9 cm³/mol. The molecule has 0 saturated heterocycles. The van der Waals surface area contributed by atoms with Gasteiger partial charge < -0.3 is 9.47 Å². The number of aromatic nitrogens is 2. The highest BCUT2D eigenvalue weighted by Gasteiger charge is 2.03. The SMILES string of the molecule is C=CCOc1ccc(Oc2nc(C)ns2)cc1. The molecule has 0 aliphatic carbocycles. The van der Waals surface area contributed by atoms with Crippen LogP contribution in [0.4, 0.5) is 0 Å². The van der Waals surface area contributed by atoms with Crippen molar-refractivity contribution in [2.45, 2.75) is 6.92 Å². The van der Waals surface area contributed by atoms with E-state index in [9.17, 15) is 0 Å². The van der Waals surface area contributed by atoms with Crippen molar-refractivity contribution in [3.63, 3.8) is 0 Å². The van der Waals surface area contributed by atoms with E-state index >= 15 is 0 Å². The van der Waals surface area contributed by atoms with Crippen LogP contribution < -0.4 is 9.47 Å². The van der Waals surface area contributed by atoms with Crippen molar-refractivity contribution in [3.8, 4) is 16.7 Å². The topological polar surface area (TPSA) is 44.2 Å². The van der Waals surface area contributed by atoms with Crippen molar-refractivity contribution >= 4 is 11.5 Å². The highest BCUT2D eigenvalue weighted by Crippen LogP contribution is 2.24. The number of hydrogen-bond acceptors (Lipinski definition) is 5. The van der Waals surface area contributed by atoms with Crippen LogP contribution in [0.25, 0.3) is 0 Å². The minimum Gasteiger partial charge on any atom is -0.490 e. The van der Waals surface area contributed by atoms with Gasteiger partial charge in [-0.2, -0.15) is 9.36 Å². The minimum absolute atomic E-state index is 0.496. The smallest absolute Gasteiger partial charge is 0.298 e. The lowest BCUT2D eigenvalue weighted by Crippen LogP contribution is -1.92. The van der Waals surface area contributed by atoms with Gasteiger partial charge >= 0.3 is 0 Å². The minimum atomic E-state index is 0.496. The van der Waals surface area contributed by atoms with Crippen molar-refractivity contribution in [2.24, 2.45) is 0 Å². The molecule has 4 nitrogen and oxygen atoms in total. The summed E-state index contributed by atoms with van der Waals surface area (Å²) in [6.07, 6.45) is 1.70. The molecule has 1 heterocycles. The Morgan fingerprint density at radius 2 is 2.00 bits per heavy atom. The molecule has 17 heavy (non-hydrogen) atoms. The highest BCUT2D eigenvalue weighted by molar-refractivity contribution is 7.07. The summed E-state index contributed by atoms with van der Waals surface area (Å²) in [7, 11) is 0. The van der Waals surface area contributed by atoms with E-state index in [0.29, 0.717) is 17.6 Å². The molecule has 0 amide bonds. The van der Waals surface area contributed by atoms with E-state index in [-0.39, 0.29) is 0 Å². The van der Waals surface area contributed by atoms with E-state index in [4.69, 9.17) is 9.47 Å². The number of hydrogen-bond donors (Lipinski definition) is 0. The molecule has 0 bridgehead atoms. The number of nitrogens with zero attached hydrogens (tertiary/aromatic N) is 2. The van der Waals surface area contributed by atoms with Gasteiger partial charge in [0.1, 0.15) is 23.9 Å². The Balaban J connectivity index is 2.00. The van der Waals surface area contributed by atoms with Gasteiger partial charge in [0.15, 0.2) is 0 Å². The van der Waals surface area contributed by atoms with Crippen LogP contribution in [0.1, 0.15) is 5.82 Å². The molecule has 0 N–H and O–H groups in total. The molecule has 2 rings (SSSR count). The summed E-state index contributed by atoms with van der Waals surface area (Å²) >= 11 is 1.23. The van der Waals surface area contributed by atoms with Gasteiger partial charge in [0.2, 0.25) is 0 Å². The molecule has 0 saturated carbocycles. The molecule has 0 atom stereocenters. The van der Waals surface area contributed by atoms with Gasteiger partial charge in [0.25, 0.3) is 5.19 Å². The fraction of sp³-hybridized carbons (Fsp3) is 0.167. The second-order valence-electron chi connectivity index (χ2n) is 3.28. The molecule has 0 unspecified atom stereocenters. The fourth-order valence-electron chi connectivity index (χ4n) is 1.18. The molecule has 1 aromatic carbocycles. The molecule has 88 valence electrons. The summed E-state index contributed by atoms with van der Waals surface area (Å²) in [4.78, 5) is 4.12. The van der Waals surface area contributed by atoms with Crippen LogP contribution in [-0.4, -0.2) is 16.0 Å². The van der Waals surface area contributed by atoms with Gasteiger partial charge in [-0.25, -0.2) is 0 Å². The number of ether oxygens (including phenoxy) is 2. The molecule has 2 aromatic rings. The molecule has 0 fully saturated rings. The number of rotatable bonds is 5. The summed E-state index contributed by atoms with van der Waals surface area (Å²) in [6.45, 7) is 5.91. The largest absolute Gasteiger partial charge is 0.490 e. The summed E-state index contributed by atoms with van der Waals surface area (Å²) in [6, 6.07) is 7.34. The van der Waals surface area contributed by atoms with Crippen LogP contribution in [0.3, 0.4) is 0 Å². The van der Waals surface area contributed by atoms with Crippen molar-refractivity contribution in [2.75, 3.05) is 6.61 Å². The van der Waals surface area contributed by atoms with E-state index < -0.39 is 0 Å². The summed E-state index contributed by atoms with van der Waals surface area (Å²) in [5.74, 6) is 2.22. The average molecular weight is 248 g/mol. The molecule has 0 radical (unpaired) electrons. The molecule has 5 heteroatoms. The maximum atomic E-state index is 5.53. The van der Waals surface area contributed by atoms with Gasteiger partial charge in [0.05, 0.1) is 0 Å². The zero-order valence-corrected chi connectivity index (χ0v) is 10.2. The predicted octanol–water partition coefficient (Wildman–Crippen LogP) is 3.20. The third-order valence-corrected chi connectivity index (χ3v) is 2.59. The maximum absolute atomic E-state index is 5.53. The van der Waals surface area contributed by atoms with Crippen LogP contribution in [0.15, 0.2) is 36.9 Å². The third-order valence-electron chi connectivity index (χ3n) is 1.91. The molecule has 0 aliphatic heterocycles. The maximum Gasteiger partial charge on any atom is 0.298 e. The first-order chi connectivity index (χ1) is 8.28. The van der Waals surface area contributed by atoms with E-state index in [1.165, 1.54) is 11.5 Å². The monoisotopic (exact) mass is 248 g/mol. The van der Waals surface area contributed by atoms with Crippen molar-refractivity contribution < 1.29 is 9.47 Å². The van der Waals surface area contributed by atoms with Gasteiger partial charge in [0, 0.05) is 11.5 Å². The molecule has 0 aliphatic rings. The van der Waals surface area contributed by atoms with Crippen LogP contribution in [0.5, 0.6) is 16.7 Å². The number of benzene rings is 1. The van der Waals surface area contributed by atoms with Gasteiger partial charge in [-0.15, -0.1) is 0 Å². The van der Waals surface area contributed by atoms with E-state index in [2.05, 4.69) is 15.9 Å². The normalized spacial score (nSPS) is 9.94. The van der Waals surface area contributed by atoms with Crippen LogP contribution in [0, 0.1) is 6.92 Å². The summed E-state index contributed by atoms with van der Waals surface area (Å²) in [5, 5.41) is 0.544. The Morgan fingerprint density at radius 1 is 1.29 bits per heavy atom. The molecular weight excluding hydrogens is 236 g/mol. The third kappa shape index (κ3) is 3.29. The molecular formula is C12H12N2O2S. The first kappa shape index (κ1) is 11.6. The second kappa shape index (κ2) is 5.45. The first-order valence-electron chi connectivity index (χ1n) is 5.10. The van der Waals surface area contributed by atoms with Crippen LogP contribution in [-0.2, 0) is 0 Å². The van der Waals surface area contributed by atoms with Crippen LogP contribution >= 0.6 is 11.5 Å². The number of aryl methyl sites for hydroxylation is 1. The van der Waals surface area contributed by atoms with Gasteiger partial charge in [-0.3, -0.25) is 0 Å². The Bertz CT molecular complexity index is 493. The Hall–Kier alpha value is -1.88. The zero-order valence-electron chi connectivity index (χ0n) is 9.42. The lowest BCUT2D eigenvalue weighted by atomic mass is 10.3. The van der Waals surface area contributed by atoms with Gasteiger partial charge in [-0.1, -0.05) is 12.7 Å². The fourth-order valence-corrected chi connectivity index (χ4v) is 1.74. The molecule has 0 spiro atoms. The standard InChI is InChI=1S/C12H12N2O2S/c1-3-8-15-10-4-6-11(7-5-10)16-12-13-9(2)14-17-12/h3-7H,1,8H2,2H3. The lowest BCUT2D eigenvalue weighted by Gasteiger charge is -2.04. The lowest BCUT2D eigenvalue weighted by molar-refractivity contribution is 0.362. The Morgan fingerprint density at radius 3 is 2.59 bits per heavy atom. The molecule has 1 aromatic heterocycles. The highest BCUT2D eigenvalue weighted by atomic mass is 32.1. The van der Waals surface area contributed by atoms with E-state index in [1.54, 1.807) is 6.08 Å². The quantitative estimate of drug-likeness (QED) is 0.762. The average Bonchev–Trinajstić information content (AvgIpc) is 2.74. The second-order valence-corrected chi connectivity index (χ2v) is 4.00. The van der Waals surface area contributed by atoms with E-state index in [0.717, 1.165) is 11.6 Å². The van der Waals surface area contributed by atoms with Crippen molar-refractivity contribution in [1.29, 1.82) is 0 Å². The van der Waals surface area contributed by atoms with Crippen LogP contribution in [0.2, 0.25) is 0 Å². The Labute approximate surface area is 104 Å². The van der Waals surface area contributed by atoms with E-state index in [1.807, 2.05) is 31.2 Å². The van der Waals surface area contributed by atoms with Gasteiger partial charge in [-0.05, 0) is 31.2 Å². The summed E-state index contributed by atoms with van der Waals surface area (Å²) in [5.41, 5.74) is 0. The van der Waals surface area contributed by atoms with Crippen molar-refractivity contribution in [1.82, 2.24) is 9.36 Å². The first-order valence-corrected chi connectivity index (χ1v) is 5.87. The zero-order chi connectivity index (χ0) is 12.1.